The molecule has 8 heteroatoms. The van der Waals surface area contributed by atoms with Crippen molar-refractivity contribution in [2.24, 2.45) is 0 Å². The van der Waals surface area contributed by atoms with E-state index in [1.165, 1.54) is 12.1 Å². The van der Waals surface area contributed by atoms with Crippen LogP contribution in [0.15, 0.2) is 58.2 Å². The fourth-order valence-electron chi connectivity index (χ4n) is 2.47. The van der Waals surface area contributed by atoms with Crippen molar-refractivity contribution in [1.82, 2.24) is 13.9 Å². The topological polar surface area (TPSA) is 108 Å². The smallest absolute Gasteiger partial charge is 0.366 e. The van der Waals surface area contributed by atoms with Gasteiger partial charge in [-0.2, -0.15) is 9.97 Å². The summed E-state index contributed by atoms with van der Waals surface area (Å²) >= 11 is 0. The van der Waals surface area contributed by atoms with Gasteiger partial charge in [0, 0.05) is 6.42 Å². The van der Waals surface area contributed by atoms with E-state index in [1.54, 1.807) is 12.1 Å². The highest BCUT2D eigenvalue weighted by Crippen LogP contribution is 2.15. The highest BCUT2D eigenvalue weighted by atomic mass is 32.2. The number of rotatable bonds is 4. The Hall–Kier alpha value is -3.00. The van der Waals surface area contributed by atoms with Crippen LogP contribution in [0.5, 0.6) is 0 Å². The minimum absolute atomic E-state index is 0.0493. The summed E-state index contributed by atoms with van der Waals surface area (Å²) in [5.41, 5.74) is 7.71. The number of nitrogen functional groups attached to an aromatic ring is 1. The molecule has 0 saturated carbocycles. The van der Waals surface area contributed by atoms with Crippen molar-refractivity contribution < 1.29 is 8.42 Å². The van der Waals surface area contributed by atoms with E-state index in [0.29, 0.717) is 3.97 Å². The third kappa shape index (κ3) is 3.50. The van der Waals surface area contributed by atoms with E-state index in [-0.39, 0.29) is 17.1 Å². The van der Waals surface area contributed by atoms with E-state index in [0.717, 1.165) is 16.7 Å². The third-order valence-electron chi connectivity index (χ3n) is 3.89. The summed E-state index contributed by atoms with van der Waals surface area (Å²) in [5.74, 6) is -0.237. The average molecular weight is 370 g/mol. The number of nitrogens with zero attached hydrogens (tertiary/aromatic N) is 3. The molecule has 0 saturated heterocycles. The maximum absolute atomic E-state index is 12.7. The maximum Gasteiger partial charge on any atom is 0.366 e. The molecule has 0 aliphatic heterocycles. The van der Waals surface area contributed by atoms with Gasteiger partial charge in [-0.1, -0.05) is 47.5 Å². The number of anilines is 1. The van der Waals surface area contributed by atoms with Crippen LogP contribution in [0.25, 0.3) is 0 Å². The molecule has 1 heterocycles. The van der Waals surface area contributed by atoms with Crippen LogP contribution in [-0.4, -0.2) is 22.4 Å². The molecule has 0 unspecified atom stereocenters. The van der Waals surface area contributed by atoms with Gasteiger partial charge in [0.2, 0.25) is 5.95 Å². The van der Waals surface area contributed by atoms with Gasteiger partial charge in [-0.25, -0.2) is 13.2 Å². The first kappa shape index (κ1) is 17.8. The summed E-state index contributed by atoms with van der Waals surface area (Å²) < 4.78 is 25.8. The molecule has 26 heavy (non-hydrogen) atoms. The van der Waals surface area contributed by atoms with Crippen molar-refractivity contribution in [3.05, 3.63) is 81.5 Å². The molecule has 134 valence electrons. The van der Waals surface area contributed by atoms with Gasteiger partial charge in [0.25, 0.3) is 10.0 Å². The Labute approximate surface area is 151 Å². The van der Waals surface area contributed by atoms with E-state index >= 15 is 0 Å². The zero-order valence-corrected chi connectivity index (χ0v) is 15.2. The number of nitrogens with two attached hydrogens (primary N) is 1. The molecule has 0 radical (unpaired) electrons. The summed E-state index contributed by atoms with van der Waals surface area (Å²) in [6.07, 6.45) is 0.283. The molecule has 0 fully saturated rings. The Balaban J connectivity index is 2.01. The van der Waals surface area contributed by atoms with Gasteiger partial charge in [-0.05, 0) is 31.5 Å². The lowest BCUT2D eigenvalue weighted by Crippen LogP contribution is -2.33. The second-order valence-corrected chi connectivity index (χ2v) is 7.81. The molecule has 2 N–H and O–H groups in total. The highest BCUT2D eigenvalue weighted by molar-refractivity contribution is 7.90. The normalized spacial score (nSPS) is 11.5. The zero-order chi connectivity index (χ0) is 18.9. The summed E-state index contributed by atoms with van der Waals surface area (Å²) in [6, 6.07) is 13.8. The molecule has 0 amide bonds. The van der Waals surface area contributed by atoms with Crippen molar-refractivity contribution in [2.75, 3.05) is 5.73 Å². The van der Waals surface area contributed by atoms with E-state index < -0.39 is 21.7 Å². The average Bonchev–Trinajstić information content (AvgIpc) is 2.56. The first-order valence-electron chi connectivity index (χ1n) is 7.90. The van der Waals surface area contributed by atoms with Crippen LogP contribution < -0.4 is 11.4 Å². The zero-order valence-electron chi connectivity index (χ0n) is 14.4. The summed E-state index contributed by atoms with van der Waals surface area (Å²) in [5, 5.41) is 0. The second-order valence-electron chi connectivity index (χ2n) is 6.03. The lowest BCUT2D eigenvalue weighted by Gasteiger charge is -2.10. The summed E-state index contributed by atoms with van der Waals surface area (Å²) in [4.78, 5) is 20.1. The Bertz CT molecular complexity index is 1100. The molecule has 0 aliphatic carbocycles. The van der Waals surface area contributed by atoms with E-state index in [4.69, 9.17) is 5.73 Å². The van der Waals surface area contributed by atoms with Gasteiger partial charge in [-0.15, -0.1) is 3.97 Å². The Morgan fingerprint density at radius 1 is 0.923 bits per heavy atom. The molecule has 7 nitrogen and oxygen atoms in total. The van der Waals surface area contributed by atoms with Crippen LogP contribution in [0.3, 0.4) is 0 Å². The van der Waals surface area contributed by atoms with Crippen LogP contribution in [-0.2, 0) is 16.4 Å². The van der Waals surface area contributed by atoms with E-state index in [9.17, 15) is 13.2 Å². The first-order chi connectivity index (χ1) is 12.3. The van der Waals surface area contributed by atoms with Gasteiger partial charge >= 0.3 is 5.69 Å². The molecule has 3 rings (SSSR count). The summed E-state index contributed by atoms with van der Waals surface area (Å²) in [6.45, 7) is 3.80. The first-order valence-corrected chi connectivity index (χ1v) is 9.34. The molecule has 0 bridgehead atoms. The van der Waals surface area contributed by atoms with Gasteiger partial charge in [-0.3, -0.25) is 0 Å². The van der Waals surface area contributed by atoms with Crippen molar-refractivity contribution >= 4 is 16.0 Å². The Morgan fingerprint density at radius 3 is 2.00 bits per heavy atom. The quantitative estimate of drug-likeness (QED) is 0.748. The summed E-state index contributed by atoms with van der Waals surface area (Å²) in [7, 11) is -4.16. The number of hydrogen-bond acceptors (Lipinski definition) is 6. The number of aromatic nitrogens is 3. The minimum atomic E-state index is -4.16. The molecule has 2 aromatic carbocycles. The monoisotopic (exact) mass is 370 g/mol. The SMILES string of the molecule is Cc1ccc(Cc2nc(N)n(S(=O)(=O)c3ccc(C)cc3)c(=O)n2)cc1. The van der Waals surface area contributed by atoms with Crippen molar-refractivity contribution in [2.45, 2.75) is 25.2 Å². The van der Waals surface area contributed by atoms with Gasteiger partial charge < -0.3 is 5.73 Å². The lowest BCUT2D eigenvalue weighted by molar-refractivity contribution is 0.583. The highest BCUT2D eigenvalue weighted by Gasteiger charge is 2.23. The molecular weight excluding hydrogens is 352 g/mol. The largest absolute Gasteiger partial charge is 0.368 e. The van der Waals surface area contributed by atoms with Crippen LogP contribution in [0.1, 0.15) is 22.5 Å². The van der Waals surface area contributed by atoms with E-state index in [1.807, 2.05) is 38.1 Å². The third-order valence-corrected chi connectivity index (χ3v) is 5.58. The molecule has 0 aliphatic rings. The maximum atomic E-state index is 12.7. The molecule has 0 spiro atoms. The van der Waals surface area contributed by atoms with Crippen LogP contribution >= 0.6 is 0 Å². The van der Waals surface area contributed by atoms with Crippen molar-refractivity contribution in [3.63, 3.8) is 0 Å². The number of aryl methyl sites for hydroxylation is 2. The lowest BCUT2D eigenvalue weighted by atomic mass is 10.1. The fraction of sp³-hybridized carbons (Fsp3) is 0.167. The van der Waals surface area contributed by atoms with Crippen molar-refractivity contribution in [1.29, 1.82) is 0 Å². The molecule has 0 atom stereocenters. The molecular formula is C18H18N4O3S. The van der Waals surface area contributed by atoms with E-state index in [2.05, 4.69) is 9.97 Å². The van der Waals surface area contributed by atoms with Crippen LogP contribution in [0.4, 0.5) is 5.95 Å². The number of benzene rings is 2. The second kappa shape index (κ2) is 6.72. The fourth-order valence-corrected chi connectivity index (χ4v) is 3.69. The molecule has 3 aromatic rings. The predicted octanol–water partition coefficient (Wildman–Crippen LogP) is 1.67. The van der Waals surface area contributed by atoms with Gasteiger partial charge in [0.1, 0.15) is 5.82 Å². The minimum Gasteiger partial charge on any atom is -0.368 e. The van der Waals surface area contributed by atoms with Gasteiger partial charge in [0.15, 0.2) is 0 Å². The van der Waals surface area contributed by atoms with Crippen LogP contribution in [0.2, 0.25) is 0 Å². The standard InChI is InChI=1S/C18H18N4O3S/c1-12-3-7-14(8-4-12)11-16-20-17(19)22(18(23)21-16)26(24,25)15-9-5-13(2)6-10-15/h3-10H,11H2,1-2H3,(H2,19,20,21,23). The molecule has 1 aromatic heterocycles. The Kier molecular flexibility index (Phi) is 4.60. The number of hydrogen-bond donors (Lipinski definition) is 1. The Morgan fingerprint density at radius 2 is 1.46 bits per heavy atom. The van der Waals surface area contributed by atoms with Crippen LogP contribution in [0, 0.1) is 13.8 Å². The van der Waals surface area contributed by atoms with Crippen molar-refractivity contribution in [3.8, 4) is 0 Å². The predicted molar refractivity (Wildman–Crippen MR) is 98.5 cm³/mol. The van der Waals surface area contributed by atoms with Gasteiger partial charge in [0.05, 0.1) is 4.90 Å².